The first kappa shape index (κ1) is 20.0. The average molecular weight is 371 g/mol. The summed E-state index contributed by atoms with van der Waals surface area (Å²) in [7, 11) is 2.14. The number of terminal acetylenes is 1. The van der Waals surface area contributed by atoms with Crippen molar-refractivity contribution in [3.63, 3.8) is 0 Å². The minimum Gasteiger partial charge on any atom is -0.370 e. The van der Waals surface area contributed by atoms with Crippen molar-refractivity contribution in [2.45, 2.75) is 33.4 Å². The fourth-order valence-electron chi connectivity index (χ4n) is 3.77. The van der Waals surface area contributed by atoms with E-state index < -0.39 is 0 Å². The van der Waals surface area contributed by atoms with Crippen molar-refractivity contribution in [2.75, 3.05) is 20.1 Å². The monoisotopic (exact) mass is 370 g/mol. The first-order valence-electron chi connectivity index (χ1n) is 9.89. The van der Waals surface area contributed by atoms with Crippen molar-refractivity contribution >= 4 is 0 Å². The van der Waals surface area contributed by atoms with Gasteiger partial charge in [0.15, 0.2) is 0 Å². The van der Waals surface area contributed by atoms with Crippen molar-refractivity contribution in [3.8, 4) is 12.3 Å². The summed E-state index contributed by atoms with van der Waals surface area (Å²) in [5.74, 6) is 2.73. The zero-order chi connectivity index (χ0) is 20.1. The molecule has 0 saturated heterocycles. The summed E-state index contributed by atoms with van der Waals surface area (Å²) in [6.07, 6.45) is 6.64. The summed E-state index contributed by atoms with van der Waals surface area (Å²) in [6, 6.07) is 16.9. The predicted molar refractivity (Wildman–Crippen MR) is 119 cm³/mol. The molecule has 0 amide bonds. The molecule has 0 unspecified atom stereocenters. The van der Waals surface area contributed by atoms with E-state index in [1.807, 2.05) is 12.1 Å². The maximum Gasteiger partial charge on any atom is 0.0428 e. The van der Waals surface area contributed by atoms with Crippen molar-refractivity contribution in [3.05, 3.63) is 94.2 Å². The van der Waals surface area contributed by atoms with E-state index in [1.165, 1.54) is 27.8 Å². The second kappa shape index (κ2) is 8.95. The summed E-state index contributed by atoms with van der Waals surface area (Å²) in [5, 5.41) is 0. The molecule has 2 heteroatoms. The zero-order valence-electron chi connectivity index (χ0n) is 17.3. The quantitative estimate of drug-likeness (QED) is 0.649. The van der Waals surface area contributed by atoms with E-state index in [4.69, 9.17) is 6.42 Å². The maximum atomic E-state index is 5.55. The van der Waals surface area contributed by atoms with Crippen LogP contribution >= 0.6 is 0 Å². The molecule has 0 bridgehead atoms. The van der Waals surface area contributed by atoms with Crippen LogP contribution in [0.1, 0.15) is 35.6 Å². The van der Waals surface area contributed by atoms with Gasteiger partial charge < -0.3 is 4.90 Å². The summed E-state index contributed by atoms with van der Waals surface area (Å²) in [4.78, 5) is 4.77. The molecule has 2 nitrogen and oxygen atoms in total. The average Bonchev–Trinajstić information content (AvgIpc) is 2.70. The number of hydrogen-bond donors (Lipinski definition) is 0. The van der Waals surface area contributed by atoms with E-state index in [0.717, 1.165) is 43.9 Å². The van der Waals surface area contributed by atoms with E-state index in [9.17, 15) is 0 Å². The van der Waals surface area contributed by atoms with Gasteiger partial charge in [-0.05, 0) is 54.7 Å². The Kier molecular flexibility index (Phi) is 6.39. The molecule has 0 saturated carbocycles. The molecule has 0 spiro atoms. The Labute approximate surface area is 170 Å². The van der Waals surface area contributed by atoms with Crippen LogP contribution in [0.15, 0.2) is 72.0 Å². The van der Waals surface area contributed by atoms with E-state index in [2.05, 4.69) is 79.6 Å². The lowest BCUT2D eigenvalue weighted by atomic mass is 9.97. The number of aryl methyl sites for hydroxylation is 1. The van der Waals surface area contributed by atoms with Crippen LogP contribution in [0.25, 0.3) is 0 Å². The van der Waals surface area contributed by atoms with Gasteiger partial charge >= 0.3 is 0 Å². The Morgan fingerprint density at radius 3 is 2.71 bits per heavy atom. The van der Waals surface area contributed by atoms with E-state index >= 15 is 0 Å². The fraction of sp³-hybridized carbons (Fsp3) is 0.308. The molecule has 1 heterocycles. The lowest BCUT2D eigenvalue weighted by molar-refractivity contribution is 0.271. The summed E-state index contributed by atoms with van der Waals surface area (Å²) in [6.45, 7) is 12.7. The lowest BCUT2D eigenvalue weighted by Crippen LogP contribution is -2.33. The van der Waals surface area contributed by atoms with E-state index in [-0.39, 0.29) is 0 Å². The molecule has 3 rings (SSSR count). The van der Waals surface area contributed by atoms with Crippen LogP contribution in [-0.4, -0.2) is 29.9 Å². The maximum absolute atomic E-state index is 5.55. The van der Waals surface area contributed by atoms with Crippen LogP contribution in [0, 0.1) is 19.3 Å². The van der Waals surface area contributed by atoms with E-state index in [0.29, 0.717) is 0 Å². The molecule has 0 radical (unpaired) electrons. The normalized spacial score (nSPS) is 14.6. The van der Waals surface area contributed by atoms with Crippen LogP contribution in [0.4, 0.5) is 0 Å². The highest BCUT2D eigenvalue weighted by molar-refractivity contribution is 5.37. The van der Waals surface area contributed by atoms with Crippen LogP contribution in [0.5, 0.6) is 0 Å². The Balaban J connectivity index is 1.69. The number of likely N-dealkylation sites (N-methyl/N-ethyl adjacent to an activating group) is 1. The second-order valence-corrected chi connectivity index (χ2v) is 7.79. The van der Waals surface area contributed by atoms with Crippen LogP contribution < -0.4 is 0 Å². The van der Waals surface area contributed by atoms with Gasteiger partial charge in [0.05, 0.1) is 0 Å². The Hall–Kier alpha value is -2.76. The molecule has 0 aliphatic carbocycles. The van der Waals surface area contributed by atoms with Gasteiger partial charge in [-0.25, -0.2) is 0 Å². The molecule has 0 N–H and O–H groups in total. The van der Waals surface area contributed by atoms with Crippen molar-refractivity contribution in [1.29, 1.82) is 0 Å². The molecule has 2 aromatic carbocycles. The van der Waals surface area contributed by atoms with Gasteiger partial charge in [-0.3, -0.25) is 4.90 Å². The molecule has 0 fully saturated rings. The van der Waals surface area contributed by atoms with Gasteiger partial charge in [-0.2, -0.15) is 0 Å². The van der Waals surface area contributed by atoms with Crippen molar-refractivity contribution < 1.29 is 0 Å². The summed E-state index contributed by atoms with van der Waals surface area (Å²) < 4.78 is 0. The molecule has 144 valence electrons. The highest BCUT2D eigenvalue weighted by Gasteiger charge is 2.20. The standard InChI is InChI=1S/C26H30N2/c1-6-23-11-9-12-24(16-23)17-28-15-14-21(3)26(19-28)22(4)27(5)18-25-13-8-7-10-20(25)2/h1,7-13,16H,4,14-15,17-19H2,2-3,5H3. The van der Waals surface area contributed by atoms with Crippen molar-refractivity contribution in [1.82, 2.24) is 9.80 Å². The van der Waals surface area contributed by atoms with Gasteiger partial charge in [-0.1, -0.05) is 54.5 Å². The minimum atomic E-state index is 0.881. The highest BCUT2D eigenvalue weighted by atomic mass is 15.2. The largest absolute Gasteiger partial charge is 0.370 e. The molecular weight excluding hydrogens is 340 g/mol. The number of nitrogens with zero attached hydrogens (tertiary/aromatic N) is 2. The van der Waals surface area contributed by atoms with Gasteiger partial charge in [0.2, 0.25) is 0 Å². The Bertz CT molecular complexity index is 929. The SMILES string of the molecule is C#Cc1cccc(CN2CCC(C)=C(C(=C)N(C)Cc3ccccc3C)C2)c1. The predicted octanol–water partition coefficient (Wildman–Crippen LogP) is 5.14. The minimum absolute atomic E-state index is 0.881. The van der Waals surface area contributed by atoms with Crippen LogP contribution in [-0.2, 0) is 13.1 Å². The third-order valence-corrected chi connectivity index (χ3v) is 5.68. The number of benzene rings is 2. The fourth-order valence-corrected chi connectivity index (χ4v) is 3.77. The molecule has 1 aliphatic rings. The molecule has 2 aromatic rings. The lowest BCUT2D eigenvalue weighted by Gasteiger charge is -2.34. The second-order valence-electron chi connectivity index (χ2n) is 7.79. The Morgan fingerprint density at radius 2 is 1.96 bits per heavy atom. The third-order valence-electron chi connectivity index (χ3n) is 5.68. The van der Waals surface area contributed by atoms with Gasteiger partial charge in [0.25, 0.3) is 0 Å². The van der Waals surface area contributed by atoms with Crippen LogP contribution in [0.3, 0.4) is 0 Å². The highest BCUT2D eigenvalue weighted by Crippen LogP contribution is 2.27. The summed E-state index contributed by atoms with van der Waals surface area (Å²) >= 11 is 0. The zero-order valence-corrected chi connectivity index (χ0v) is 17.3. The molecule has 0 aromatic heterocycles. The number of rotatable bonds is 6. The first-order chi connectivity index (χ1) is 13.5. The van der Waals surface area contributed by atoms with Gasteiger partial charge in [-0.15, -0.1) is 6.42 Å². The summed E-state index contributed by atoms with van der Waals surface area (Å²) in [5.41, 5.74) is 8.85. The van der Waals surface area contributed by atoms with Crippen LogP contribution in [0.2, 0.25) is 0 Å². The smallest absolute Gasteiger partial charge is 0.0428 e. The third kappa shape index (κ3) is 4.74. The Morgan fingerprint density at radius 1 is 1.18 bits per heavy atom. The van der Waals surface area contributed by atoms with Crippen molar-refractivity contribution in [2.24, 2.45) is 0 Å². The van der Waals surface area contributed by atoms with E-state index in [1.54, 1.807) is 0 Å². The van der Waals surface area contributed by atoms with Gasteiger partial charge in [0.1, 0.15) is 0 Å². The molecule has 0 atom stereocenters. The molecule has 1 aliphatic heterocycles. The first-order valence-corrected chi connectivity index (χ1v) is 9.89. The topological polar surface area (TPSA) is 6.48 Å². The molecular formula is C26H30N2. The number of hydrogen-bond acceptors (Lipinski definition) is 2. The molecule has 28 heavy (non-hydrogen) atoms. The van der Waals surface area contributed by atoms with Gasteiger partial charge in [0, 0.05) is 44.5 Å².